The molecule has 0 saturated carbocycles. The lowest BCUT2D eigenvalue weighted by Gasteiger charge is -2.23. The third-order valence-electron chi connectivity index (χ3n) is 5.00. The molecule has 7 nitrogen and oxygen atoms in total. The summed E-state index contributed by atoms with van der Waals surface area (Å²) in [4.78, 5) is 32.5. The van der Waals surface area contributed by atoms with E-state index in [0.717, 1.165) is 10.4 Å². The van der Waals surface area contributed by atoms with E-state index in [2.05, 4.69) is 4.99 Å². The molecular weight excluding hydrogens is 448 g/mol. The van der Waals surface area contributed by atoms with Gasteiger partial charge in [-0.1, -0.05) is 35.6 Å². The van der Waals surface area contributed by atoms with Gasteiger partial charge >= 0.3 is 5.97 Å². The van der Waals surface area contributed by atoms with E-state index in [1.54, 1.807) is 31.8 Å². The van der Waals surface area contributed by atoms with E-state index < -0.39 is 12.0 Å². The summed E-state index contributed by atoms with van der Waals surface area (Å²) in [6.07, 6.45) is 1.80. The number of carbonyl (C=O) groups is 1. The molecule has 0 radical (unpaired) electrons. The monoisotopic (exact) mass is 470 g/mol. The molecule has 2 aromatic heterocycles. The maximum atomic E-state index is 13.5. The second kappa shape index (κ2) is 9.64. The summed E-state index contributed by atoms with van der Waals surface area (Å²) in [6, 6.07) is 10.7. The molecular formula is C23H22N2O5S2. The highest BCUT2D eigenvalue weighted by Gasteiger charge is 2.34. The van der Waals surface area contributed by atoms with Gasteiger partial charge in [-0.05, 0) is 30.5 Å². The van der Waals surface area contributed by atoms with Crippen LogP contribution in [0.3, 0.4) is 0 Å². The summed E-state index contributed by atoms with van der Waals surface area (Å²) in [5.41, 5.74) is 1.48. The van der Waals surface area contributed by atoms with Gasteiger partial charge in [-0.3, -0.25) is 9.36 Å². The number of thiophene rings is 1. The highest BCUT2D eigenvalue weighted by molar-refractivity contribution is 7.10. The van der Waals surface area contributed by atoms with E-state index in [1.807, 2.05) is 41.8 Å². The van der Waals surface area contributed by atoms with Crippen molar-refractivity contribution in [1.82, 2.24) is 4.57 Å². The second-order valence-corrected chi connectivity index (χ2v) is 8.96. The van der Waals surface area contributed by atoms with Crippen molar-refractivity contribution in [3.63, 3.8) is 0 Å². The van der Waals surface area contributed by atoms with Crippen LogP contribution in [0.2, 0.25) is 0 Å². The first-order valence-electron chi connectivity index (χ1n) is 9.90. The van der Waals surface area contributed by atoms with Crippen LogP contribution in [0.4, 0.5) is 0 Å². The van der Waals surface area contributed by atoms with Crippen LogP contribution in [0.25, 0.3) is 6.08 Å². The minimum atomic E-state index is -0.596. The maximum Gasteiger partial charge on any atom is 0.338 e. The Labute approximate surface area is 192 Å². The Morgan fingerprint density at radius 2 is 2.00 bits per heavy atom. The van der Waals surface area contributed by atoms with Crippen molar-refractivity contribution in [3.8, 4) is 5.75 Å². The Morgan fingerprint density at radius 3 is 2.72 bits per heavy atom. The average molecular weight is 471 g/mol. The molecule has 0 aliphatic carbocycles. The second-order valence-electron chi connectivity index (χ2n) is 6.97. The normalized spacial score (nSPS) is 16.0. The predicted octanol–water partition coefficient (Wildman–Crippen LogP) is 2.49. The van der Waals surface area contributed by atoms with Gasteiger partial charge in [-0.2, -0.15) is 0 Å². The molecule has 0 fully saturated rings. The largest absolute Gasteiger partial charge is 0.496 e. The van der Waals surface area contributed by atoms with E-state index >= 15 is 0 Å². The first-order valence-corrected chi connectivity index (χ1v) is 11.6. The molecule has 3 aromatic rings. The fraction of sp³-hybridized carbons (Fsp3) is 0.261. The number of thiazole rings is 1. The standard InChI is InChI=1S/C23H22N2O5S2/c1-14-19(22(27)30-11-10-28-2)20(17-9-6-12-31-17)25-21(26)18(32-23(25)24-14)13-15-7-4-5-8-16(15)29-3/h4-9,12-13,20H,10-11H2,1-3H3/b18-13+. The molecule has 166 valence electrons. The zero-order valence-corrected chi connectivity index (χ0v) is 19.5. The van der Waals surface area contributed by atoms with E-state index in [-0.39, 0.29) is 12.2 Å². The number of benzene rings is 1. The summed E-state index contributed by atoms with van der Waals surface area (Å²) in [5.74, 6) is 0.174. The van der Waals surface area contributed by atoms with Crippen molar-refractivity contribution in [1.29, 1.82) is 0 Å². The first-order chi connectivity index (χ1) is 15.5. The zero-order valence-electron chi connectivity index (χ0n) is 17.9. The lowest BCUT2D eigenvalue weighted by Crippen LogP contribution is -2.39. The molecule has 1 atom stereocenters. The summed E-state index contributed by atoms with van der Waals surface area (Å²) in [7, 11) is 3.13. The van der Waals surface area contributed by atoms with Crippen LogP contribution in [0.5, 0.6) is 5.75 Å². The fourth-order valence-electron chi connectivity index (χ4n) is 3.52. The van der Waals surface area contributed by atoms with E-state index in [9.17, 15) is 9.59 Å². The van der Waals surface area contributed by atoms with Gasteiger partial charge in [-0.15, -0.1) is 11.3 Å². The van der Waals surface area contributed by atoms with Gasteiger partial charge in [0.25, 0.3) is 5.56 Å². The van der Waals surface area contributed by atoms with Gasteiger partial charge in [0.05, 0.1) is 29.5 Å². The van der Waals surface area contributed by atoms with Gasteiger partial charge in [0, 0.05) is 17.6 Å². The minimum Gasteiger partial charge on any atom is -0.496 e. The van der Waals surface area contributed by atoms with Gasteiger partial charge in [-0.25, -0.2) is 9.79 Å². The van der Waals surface area contributed by atoms with Crippen molar-refractivity contribution in [3.05, 3.63) is 83.2 Å². The minimum absolute atomic E-state index is 0.126. The Kier molecular flexibility index (Phi) is 6.69. The van der Waals surface area contributed by atoms with E-state index in [4.69, 9.17) is 14.2 Å². The van der Waals surface area contributed by atoms with E-state index in [0.29, 0.717) is 33.0 Å². The number of aromatic nitrogens is 1. The first kappa shape index (κ1) is 22.2. The highest BCUT2D eigenvalue weighted by Crippen LogP contribution is 2.33. The van der Waals surface area contributed by atoms with Crippen LogP contribution in [-0.2, 0) is 14.3 Å². The van der Waals surface area contributed by atoms with Crippen LogP contribution in [0.15, 0.2) is 62.8 Å². The Morgan fingerprint density at radius 1 is 1.19 bits per heavy atom. The van der Waals surface area contributed by atoms with E-state index in [1.165, 1.54) is 22.7 Å². The molecule has 9 heteroatoms. The average Bonchev–Trinajstić information content (AvgIpc) is 3.42. The maximum absolute atomic E-state index is 13.5. The van der Waals surface area contributed by atoms with Gasteiger partial charge in [0.2, 0.25) is 0 Å². The summed E-state index contributed by atoms with van der Waals surface area (Å²) in [5, 5.41) is 1.92. The molecule has 0 amide bonds. The number of carbonyl (C=O) groups excluding carboxylic acids is 1. The molecule has 0 saturated heterocycles. The van der Waals surface area contributed by atoms with Gasteiger partial charge < -0.3 is 14.2 Å². The molecule has 32 heavy (non-hydrogen) atoms. The summed E-state index contributed by atoms with van der Waals surface area (Å²) >= 11 is 2.77. The van der Waals surface area contributed by atoms with Crippen LogP contribution < -0.4 is 19.6 Å². The van der Waals surface area contributed by atoms with Crippen molar-refractivity contribution in [2.75, 3.05) is 27.4 Å². The number of fused-ring (bicyclic) bond motifs is 1. The molecule has 4 rings (SSSR count). The number of hydrogen-bond donors (Lipinski definition) is 0. The fourth-order valence-corrected chi connectivity index (χ4v) is 5.38. The molecule has 1 aromatic carbocycles. The number of para-hydroxylation sites is 1. The zero-order chi connectivity index (χ0) is 22.7. The lowest BCUT2D eigenvalue weighted by molar-refractivity contribution is -0.140. The van der Waals surface area contributed by atoms with Crippen molar-refractivity contribution in [2.24, 2.45) is 4.99 Å². The van der Waals surface area contributed by atoms with Crippen LogP contribution in [-0.4, -0.2) is 38.0 Å². The smallest absolute Gasteiger partial charge is 0.338 e. The molecule has 0 spiro atoms. The molecule has 0 bridgehead atoms. The summed E-state index contributed by atoms with van der Waals surface area (Å²) < 4.78 is 17.9. The lowest BCUT2D eigenvalue weighted by atomic mass is 10.0. The number of nitrogens with zero attached hydrogens (tertiary/aromatic N) is 2. The van der Waals surface area contributed by atoms with Crippen molar-refractivity contribution < 1.29 is 19.0 Å². The number of allylic oxidation sites excluding steroid dienone is 1. The Balaban J connectivity index is 1.87. The van der Waals surface area contributed by atoms with Crippen molar-refractivity contribution in [2.45, 2.75) is 13.0 Å². The highest BCUT2D eigenvalue weighted by atomic mass is 32.1. The van der Waals surface area contributed by atoms with Crippen molar-refractivity contribution >= 4 is 34.7 Å². The number of ether oxygens (including phenoxy) is 3. The predicted molar refractivity (Wildman–Crippen MR) is 124 cm³/mol. The topological polar surface area (TPSA) is 79.1 Å². The van der Waals surface area contributed by atoms with Gasteiger partial charge in [0.1, 0.15) is 18.4 Å². The number of hydrogen-bond acceptors (Lipinski definition) is 8. The Hall–Kier alpha value is -3.01. The van der Waals surface area contributed by atoms with Gasteiger partial charge in [0.15, 0.2) is 4.80 Å². The summed E-state index contributed by atoms with van der Waals surface area (Å²) in [6.45, 7) is 2.19. The SMILES string of the molecule is COCCOC(=O)C1=C(C)N=c2s/c(=C/c3ccccc3OC)c(=O)n2C1c1cccs1. The third-order valence-corrected chi connectivity index (χ3v) is 6.91. The molecule has 1 unspecified atom stereocenters. The quantitative estimate of drug-likeness (QED) is 0.392. The molecule has 1 aliphatic heterocycles. The molecule has 0 N–H and O–H groups in total. The van der Waals surface area contributed by atoms with Crippen LogP contribution in [0, 0.1) is 0 Å². The Bertz CT molecular complexity index is 1340. The molecule has 1 aliphatic rings. The number of rotatable bonds is 7. The molecule has 3 heterocycles. The van der Waals surface area contributed by atoms with Crippen LogP contribution >= 0.6 is 22.7 Å². The number of esters is 1. The van der Waals surface area contributed by atoms with Crippen LogP contribution in [0.1, 0.15) is 23.4 Å². The number of methoxy groups -OCH3 is 2. The third kappa shape index (κ3) is 4.19.